The molecule has 1 aromatic carbocycles. The average Bonchev–Trinajstić information content (AvgIpc) is 2.57. The predicted molar refractivity (Wildman–Crippen MR) is 89.3 cm³/mol. The smallest absolute Gasteiger partial charge is 0.340 e. The number of carbonyl (C=O) groups excluding carboxylic acids is 1. The first-order valence-corrected chi connectivity index (χ1v) is 7.54. The van der Waals surface area contributed by atoms with Crippen molar-refractivity contribution >= 4 is 22.8 Å². The molecule has 1 amide bonds. The number of carbonyl (C=O) groups is 2. The number of amides is 1. The van der Waals surface area contributed by atoms with Crippen LogP contribution < -0.4 is 20.4 Å². The Labute approximate surface area is 143 Å². The molecule has 2 rings (SSSR count). The number of aliphatic carboxylic acids is 1. The highest BCUT2D eigenvalue weighted by molar-refractivity contribution is 5.87. The number of hydrogen-bond acceptors (Lipinski definition) is 6. The van der Waals surface area contributed by atoms with Gasteiger partial charge in [0.1, 0.15) is 5.58 Å². The van der Waals surface area contributed by atoms with E-state index in [0.29, 0.717) is 28.0 Å². The van der Waals surface area contributed by atoms with Crippen molar-refractivity contribution < 1.29 is 28.6 Å². The lowest BCUT2D eigenvalue weighted by Gasteiger charge is -2.12. The Balaban J connectivity index is 2.36. The van der Waals surface area contributed by atoms with Crippen molar-refractivity contribution in [3.05, 3.63) is 33.7 Å². The number of fused-ring (bicyclic) bond motifs is 1. The Morgan fingerprint density at radius 2 is 1.84 bits per heavy atom. The highest BCUT2D eigenvalue weighted by Gasteiger charge is 2.17. The summed E-state index contributed by atoms with van der Waals surface area (Å²) in [6.07, 6.45) is -0.383. The third kappa shape index (κ3) is 4.09. The molecule has 0 bridgehead atoms. The lowest BCUT2D eigenvalue weighted by atomic mass is 10.0. The van der Waals surface area contributed by atoms with Crippen molar-refractivity contribution in [2.75, 3.05) is 20.8 Å². The number of aryl methyl sites for hydroxylation is 1. The number of nitrogens with one attached hydrogen (secondary N) is 1. The van der Waals surface area contributed by atoms with Gasteiger partial charge in [0.2, 0.25) is 5.91 Å². The number of rotatable bonds is 7. The third-order valence-electron chi connectivity index (χ3n) is 3.79. The van der Waals surface area contributed by atoms with E-state index in [2.05, 4.69) is 5.32 Å². The maximum atomic E-state index is 12.2. The standard InChI is InChI=1S/C17H19NO7/c1-9-10-6-13(23-2)14(24-3)8-12(10)25-17(22)11(9)7-15(19)18-5-4-16(20)21/h6,8H,4-5,7H2,1-3H3,(H,18,19)(H,20,21). The zero-order valence-electron chi connectivity index (χ0n) is 14.2. The van der Waals surface area contributed by atoms with Crippen molar-refractivity contribution in [2.45, 2.75) is 19.8 Å². The average molecular weight is 349 g/mol. The summed E-state index contributed by atoms with van der Waals surface area (Å²) in [4.78, 5) is 34.6. The molecule has 0 atom stereocenters. The molecule has 0 fully saturated rings. The highest BCUT2D eigenvalue weighted by atomic mass is 16.5. The Hall–Kier alpha value is -3.03. The fourth-order valence-corrected chi connectivity index (χ4v) is 2.45. The minimum absolute atomic E-state index is 0.00283. The number of hydrogen-bond donors (Lipinski definition) is 2. The molecule has 0 aliphatic heterocycles. The van der Waals surface area contributed by atoms with Gasteiger partial charge in [-0.3, -0.25) is 9.59 Å². The van der Waals surface area contributed by atoms with E-state index in [1.807, 2.05) is 0 Å². The second-order valence-electron chi connectivity index (χ2n) is 5.37. The van der Waals surface area contributed by atoms with Gasteiger partial charge in [-0.1, -0.05) is 0 Å². The van der Waals surface area contributed by atoms with Crippen LogP contribution in [0, 0.1) is 6.92 Å². The van der Waals surface area contributed by atoms with Crippen LogP contribution >= 0.6 is 0 Å². The van der Waals surface area contributed by atoms with E-state index >= 15 is 0 Å². The summed E-state index contributed by atoms with van der Waals surface area (Å²) in [5.41, 5.74) is 0.522. The van der Waals surface area contributed by atoms with Crippen LogP contribution in [0.25, 0.3) is 11.0 Å². The molecule has 0 saturated carbocycles. The minimum Gasteiger partial charge on any atom is -0.493 e. The molecule has 0 aliphatic carbocycles. The molecular weight excluding hydrogens is 330 g/mol. The van der Waals surface area contributed by atoms with E-state index in [1.54, 1.807) is 19.1 Å². The number of benzene rings is 1. The molecule has 0 saturated heterocycles. The highest BCUT2D eigenvalue weighted by Crippen LogP contribution is 2.33. The van der Waals surface area contributed by atoms with E-state index in [-0.39, 0.29) is 24.9 Å². The Morgan fingerprint density at radius 3 is 2.44 bits per heavy atom. The van der Waals surface area contributed by atoms with Gasteiger partial charge in [-0.05, 0) is 18.6 Å². The molecule has 134 valence electrons. The summed E-state index contributed by atoms with van der Waals surface area (Å²) < 4.78 is 15.7. The van der Waals surface area contributed by atoms with Crippen LogP contribution in [0.5, 0.6) is 11.5 Å². The van der Waals surface area contributed by atoms with Gasteiger partial charge in [0.25, 0.3) is 0 Å². The van der Waals surface area contributed by atoms with Crippen LogP contribution in [0.3, 0.4) is 0 Å². The van der Waals surface area contributed by atoms with E-state index in [9.17, 15) is 14.4 Å². The van der Waals surface area contributed by atoms with E-state index in [4.69, 9.17) is 19.0 Å². The van der Waals surface area contributed by atoms with Gasteiger partial charge in [0.05, 0.1) is 32.6 Å². The van der Waals surface area contributed by atoms with Crippen LogP contribution in [-0.2, 0) is 16.0 Å². The zero-order valence-corrected chi connectivity index (χ0v) is 14.2. The fraction of sp³-hybridized carbons (Fsp3) is 0.353. The Bertz CT molecular complexity index is 869. The van der Waals surface area contributed by atoms with Gasteiger partial charge in [-0.15, -0.1) is 0 Å². The Kier molecular flexibility index (Phi) is 5.63. The van der Waals surface area contributed by atoms with Gasteiger partial charge in [-0.25, -0.2) is 4.79 Å². The lowest BCUT2D eigenvalue weighted by molar-refractivity contribution is -0.136. The van der Waals surface area contributed by atoms with Crippen LogP contribution in [0.1, 0.15) is 17.5 Å². The molecular formula is C17H19NO7. The summed E-state index contributed by atoms with van der Waals surface area (Å²) in [5, 5.41) is 11.7. The van der Waals surface area contributed by atoms with Crippen LogP contribution in [0.4, 0.5) is 0 Å². The van der Waals surface area contributed by atoms with Crippen LogP contribution in [0.15, 0.2) is 21.3 Å². The normalized spacial score (nSPS) is 10.5. The SMILES string of the molecule is COc1cc2oc(=O)c(CC(=O)NCCC(=O)O)c(C)c2cc1OC. The summed E-state index contributed by atoms with van der Waals surface area (Å²) in [5.74, 6) is -0.556. The molecule has 2 aromatic rings. The summed E-state index contributed by atoms with van der Waals surface area (Å²) in [6.45, 7) is 1.71. The first-order valence-electron chi connectivity index (χ1n) is 7.54. The summed E-state index contributed by atoms with van der Waals surface area (Å²) >= 11 is 0. The summed E-state index contributed by atoms with van der Waals surface area (Å²) in [6, 6.07) is 3.23. The number of carboxylic acid groups (broad SMARTS) is 1. The van der Waals surface area contributed by atoms with Gasteiger partial charge < -0.3 is 24.3 Å². The molecule has 1 aromatic heterocycles. The van der Waals surface area contributed by atoms with Crippen LogP contribution in [0.2, 0.25) is 0 Å². The van der Waals surface area contributed by atoms with Crippen molar-refractivity contribution in [1.82, 2.24) is 5.32 Å². The number of carboxylic acids is 1. The third-order valence-corrected chi connectivity index (χ3v) is 3.79. The monoisotopic (exact) mass is 349 g/mol. The van der Waals surface area contributed by atoms with E-state index < -0.39 is 17.5 Å². The largest absolute Gasteiger partial charge is 0.493 e. The van der Waals surface area contributed by atoms with Gasteiger partial charge >= 0.3 is 11.6 Å². The molecule has 0 radical (unpaired) electrons. The fourth-order valence-electron chi connectivity index (χ4n) is 2.45. The van der Waals surface area contributed by atoms with E-state index in [0.717, 1.165) is 0 Å². The molecule has 8 nitrogen and oxygen atoms in total. The lowest BCUT2D eigenvalue weighted by Crippen LogP contribution is -2.29. The number of ether oxygens (including phenoxy) is 2. The Morgan fingerprint density at radius 1 is 1.20 bits per heavy atom. The second kappa shape index (κ2) is 7.69. The van der Waals surface area contributed by atoms with Crippen LogP contribution in [-0.4, -0.2) is 37.7 Å². The second-order valence-corrected chi connectivity index (χ2v) is 5.37. The molecule has 25 heavy (non-hydrogen) atoms. The van der Waals surface area contributed by atoms with Crippen molar-refractivity contribution in [3.63, 3.8) is 0 Å². The molecule has 0 unspecified atom stereocenters. The van der Waals surface area contributed by atoms with Crippen molar-refractivity contribution in [3.8, 4) is 11.5 Å². The van der Waals surface area contributed by atoms with Crippen molar-refractivity contribution in [2.24, 2.45) is 0 Å². The van der Waals surface area contributed by atoms with Gasteiger partial charge in [-0.2, -0.15) is 0 Å². The quantitative estimate of drug-likeness (QED) is 0.723. The van der Waals surface area contributed by atoms with E-state index in [1.165, 1.54) is 14.2 Å². The molecule has 0 aliphatic rings. The minimum atomic E-state index is -1.01. The molecule has 0 spiro atoms. The summed E-state index contributed by atoms with van der Waals surface area (Å²) in [7, 11) is 2.97. The molecule has 8 heteroatoms. The molecule has 2 N–H and O–H groups in total. The van der Waals surface area contributed by atoms with Gasteiger partial charge in [0.15, 0.2) is 11.5 Å². The first kappa shape index (κ1) is 18.3. The molecule has 1 heterocycles. The number of methoxy groups -OCH3 is 2. The maximum Gasteiger partial charge on any atom is 0.340 e. The maximum absolute atomic E-state index is 12.2. The first-order chi connectivity index (χ1) is 11.9. The van der Waals surface area contributed by atoms with Gasteiger partial charge in [0, 0.05) is 18.0 Å². The zero-order chi connectivity index (χ0) is 18.6. The topological polar surface area (TPSA) is 115 Å². The predicted octanol–water partition coefficient (Wildman–Crippen LogP) is 1.25. The van der Waals surface area contributed by atoms with Crippen molar-refractivity contribution in [1.29, 1.82) is 0 Å².